The predicted molar refractivity (Wildman–Crippen MR) is 98.3 cm³/mol. The molecule has 6 heteroatoms. The predicted octanol–water partition coefficient (Wildman–Crippen LogP) is 3.15. The molecular weight excluding hydrogens is 318 g/mol. The fraction of sp³-hybridized carbons (Fsp3) is 0.263. The normalized spacial score (nSPS) is 10.6. The van der Waals surface area contributed by atoms with Crippen molar-refractivity contribution in [2.24, 2.45) is 10.8 Å². The van der Waals surface area contributed by atoms with Crippen LogP contribution in [-0.2, 0) is 0 Å². The minimum Gasteiger partial charge on any atom is -0.493 e. The Hall–Kier alpha value is -3.02. The van der Waals surface area contributed by atoms with Crippen LogP contribution < -0.4 is 20.6 Å². The van der Waals surface area contributed by atoms with Crippen molar-refractivity contribution in [1.29, 1.82) is 0 Å². The molecule has 0 aliphatic carbocycles. The van der Waals surface area contributed by atoms with E-state index in [0.29, 0.717) is 13.2 Å². The summed E-state index contributed by atoms with van der Waals surface area (Å²) in [4.78, 5) is 10.6. The molecule has 2 amide bonds. The molecule has 0 saturated carbocycles. The zero-order valence-electron chi connectivity index (χ0n) is 14.5. The number of nitrogens with zero attached hydrogens (tertiary/aromatic N) is 1. The third-order valence-corrected chi connectivity index (χ3v) is 3.55. The Morgan fingerprint density at radius 3 is 2.48 bits per heavy atom. The molecule has 0 unspecified atom stereocenters. The van der Waals surface area contributed by atoms with Crippen molar-refractivity contribution in [2.45, 2.75) is 20.3 Å². The van der Waals surface area contributed by atoms with E-state index in [2.05, 4.69) is 30.4 Å². The van der Waals surface area contributed by atoms with E-state index >= 15 is 0 Å². The lowest BCUT2D eigenvalue weighted by molar-refractivity contribution is 0.247. The van der Waals surface area contributed by atoms with Crippen molar-refractivity contribution in [2.75, 3.05) is 13.2 Å². The number of carbonyl (C=O) groups is 1. The molecule has 2 rings (SSSR count). The summed E-state index contributed by atoms with van der Waals surface area (Å²) in [6.45, 7) is 5.29. The maximum atomic E-state index is 10.6. The number of carbonyl (C=O) groups excluding carboxylic acids is 1. The molecule has 0 spiro atoms. The molecule has 0 bridgehead atoms. The topological polar surface area (TPSA) is 85.9 Å². The van der Waals surface area contributed by atoms with Crippen LogP contribution in [0.2, 0.25) is 0 Å². The smallest absolute Gasteiger partial charge is 0.332 e. The number of rotatable bonds is 8. The second kappa shape index (κ2) is 9.32. The van der Waals surface area contributed by atoms with Crippen molar-refractivity contribution in [3.8, 4) is 11.5 Å². The van der Waals surface area contributed by atoms with E-state index in [-0.39, 0.29) is 0 Å². The van der Waals surface area contributed by atoms with Crippen LogP contribution >= 0.6 is 0 Å². The SMILES string of the molecule is Cc1ccc(OCCCOc2cccc(C=NNC(N)=O)c2)cc1C. The molecule has 0 aliphatic heterocycles. The van der Waals surface area contributed by atoms with Crippen molar-refractivity contribution < 1.29 is 14.3 Å². The number of hydrazone groups is 1. The third kappa shape index (κ3) is 6.55. The summed E-state index contributed by atoms with van der Waals surface area (Å²) in [6.07, 6.45) is 2.27. The van der Waals surface area contributed by atoms with Gasteiger partial charge in [0.05, 0.1) is 19.4 Å². The van der Waals surface area contributed by atoms with Gasteiger partial charge >= 0.3 is 6.03 Å². The van der Waals surface area contributed by atoms with Crippen LogP contribution in [0, 0.1) is 13.8 Å². The van der Waals surface area contributed by atoms with Crippen LogP contribution in [-0.4, -0.2) is 25.5 Å². The minimum atomic E-state index is -0.701. The van der Waals surface area contributed by atoms with Crippen LogP contribution in [0.3, 0.4) is 0 Å². The molecule has 0 aromatic heterocycles. The molecule has 0 fully saturated rings. The van der Waals surface area contributed by atoms with Gasteiger partial charge in [-0.05, 0) is 54.8 Å². The minimum absolute atomic E-state index is 0.547. The van der Waals surface area contributed by atoms with Gasteiger partial charge in [0.15, 0.2) is 0 Å². The second-order valence-electron chi connectivity index (χ2n) is 5.60. The van der Waals surface area contributed by atoms with Crippen molar-refractivity contribution in [3.05, 3.63) is 59.2 Å². The molecule has 0 heterocycles. The number of hydrogen-bond donors (Lipinski definition) is 2. The van der Waals surface area contributed by atoms with E-state index in [4.69, 9.17) is 15.2 Å². The van der Waals surface area contributed by atoms with Crippen molar-refractivity contribution >= 4 is 12.2 Å². The van der Waals surface area contributed by atoms with E-state index in [9.17, 15) is 4.79 Å². The van der Waals surface area contributed by atoms with Crippen molar-refractivity contribution in [1.82, 2.24) is 5.43 Å². The van der Waals surface area contributed by atoms with Gasteiger partial charge in [-0.1, -0.05) is 18.2 Å². The Kier molecular flexibility index (Phi) is 6.83. The summed E-state index contributed by atoms with van der Waals surface area (Å²) in [5.74, 6) is 1.61. The fourth-order valence-corrected chi connectivity index (χ4v) is 2.10. The van der Waals surface area contributed by atoms with E-state index in [0.717, 1.165) is 23.5 Å². The first-order valence-corrected chi connectivity index (χ1v) is 8.06. The molecule has 0 aliphatic rings. The summed E-state index contributed by atoms with van der Waals surface area (Å²) >= 11 is 0. The maximum Gasteiger partial charge on any atom is 0.332 e. The van der Waals surface area contributed by atoms with Crippen LogP contribution in [0.4, 0.5) is 4.79 Å². The van der Waals surface area contributed by atoms with E-state index in [1.54, 1.807) is 0 Å². The number of urea groups is 1. The molecular formula is C19H23N3O3. The zero-order valence-corrected chi connectivity index (χ0v) is 14.5. The van der Waals surface area contributed by atoms with E-state index in [1.165, 1.54) is 17.3 Å². The van der Waals surface area contributed by atoms with Crippen molar-refractivity contribution in [3.63, 3.8) is 0 Å². The number of benzene rings is 2. The number of ether oxygens (including phenoxy) is 2. The molecule has 2 aromatic rings. The first-order valence-electron chi connectivity index (χ1n) is 8.06. The first kappa shape index (κ1) is 18.3. The Labute approximate surface area is 147 Å². The zero-order chi connectivity index (χ0) is 18.1. The van der Waals surface area contributed by atoms with E-state index in [1.807, 2.05) is 36.4 Å². The Bertz CT molecular complexity index is 744. The highest BCUT2D eigenvalue weighted by atomic mass is 16.5. The van der Waals surface area contributed by atoms with Crippen LogP contribution in [0.25, 0.3) is 0 Å². The summed E-state index contributed by atoms with van der Waals surface area (Å²) in [5, 5.41) is 3.71. The molecule has 3 N–H and O–H groups in total. The Morgan fingerprint density at radius 2 is 1.80 bits per heavy atom. The molecule has 0 saturated heterocycles. The molecule has 2 aromatic carbocycles. The monoisotopic (exact) mass is 341 g/mol. The van der Waals surface area contributed by atoms with Gasteiger partial charge in [-0.25, -0.2) is 10.2 Å². The van der Waals surface area contributed by atoms with Gasteiger partial charge in [0.25, 0.3) is 0 Å². The summed E-state index contributed by atoms with van der Waals surface area (Å²) in [6, 6.07) is 12.8. The lowest BCUT2D eigenvalue weighted by atomic mass is 10.1. The standard InChI is InChI=1S/C19H23N3O3/c1-14-7-8-18(11-15(14)2)25-10-4-9-24-17-6-3-5-16(12-17)13-21-22-19(20)23/h3,5-8,11-13H,4,9-10H2,1-2H3,(H3,20,22,23). The lowest BCUT2D eigenvalue weighted by Crippen LogP contribution is -2.24. The van der Waals surface area contributed by atoms with Gasteiger partial charge in [-0.15, -0.1) is 0 Å². The summed E-state index contributed by atoms with van der Waals surface area (Å²) in [5.41, 5.74) is 10.4. The highest BCUT2D eigenvalue weighted by molar-refractivity contribution is 5.81. The number of aryl methyl sites for hydroxylation is 2. The van der Waals surface area contributed by atoms with E-state index < -0.39 is 6.03 Å². The van der Waals surface area contributed by atoms with Gasteiger partial charge in [0.2, 0.25) is 0 Å². The number of hydrogen-bond acceptors (Lipinski definition) is 4. The number of nitrogens with two attached hydrogens (primary N) is 1. The average Bonchev–Trinajstić information content (AvgIpc) is 2.58. The Morgan fingerprint density at radius 1 is 1.08 bits per heavy atom. The van der Waals surface area contributed by atoms with Gasteiger partial charge in [0.1, 0.15) is 11.5 Å². The summed E-state index contributed by atoms with van der Waals surface area (Å²) < 4.78 is 11.4. The molecule has 6 nitrogen and oxygen atoms in total. The Balaban J connectivity index is 1.73. The quantitative estimate of drug-likeness (QED) is 0.439. The molecule has 0 radical (unpaired) electrons. The second-order valence-corrected chi connectivity index (χ2v) is 5.60. The van der Waals surface area contributed by atoms with Gasteiger partial charge in [-0.2, -0.15) is 5.10 Å². The maximum absolute atomic E-state index is 10.6. The fourth-order valence-electron chi connectivity index (χ4n) is 2.10. The third-order valence-electron chi connectivity index (χ3n) is 3.55. The summed E-state index contributed by atoms with van der Waals surface area (Å²) in [7, 11) is 0. The molecule has 0 atom stereocenters. The average molecular weight is 341 g/mol. The first-order chi connectivity index (χ1) is 12.0. The van der Waals surface area contributed by atoms with Crippen LogP contribution in [0.15, 0.2) is 47.6 Å². The van der Waals surface area contributed by atoms with Crippen LogP contribution in [0.5, 0.6) is 11.5 Å². The van der Waals surface area contributed by atoms with Gasteiger partial charge in [-0.3, -0.25) is 0 Å². The number of primary amides is 1. The van der Waals surface area contributed by atoms with Gasteiger partial charge < -0.3 is 15.2 Å². The number of amides is 2. The lowest BCUT2D eigenvalue weighted by Gasteiger charge is -2.09. The molecule has 132 valence electrons. The van der Waals surface area contributed by atoms with Gasteiger partial charge in [0, 0.05) is 6.42 Å². The van der Waals surface area contributed by atoms with Crippen LogP contribution in [0.1, 0.15) is 23.1 Å². The molecule has 25 heavy (non-hydrogen) atoms. The number of nitrogens with one attached hydrogen (secondary N) is 1. The highest BCUT2D eigenvalue weighted by Crippen LogP contribution is 2.17. The largest absolute Gasteiger partial charge is 0.493 e. The highest BCUT2D eigenvalue weighted by Gasteiger charge is 1.99.